The number of hydrogen-bond donors (Lipinski definition) is 0. The Hall–Kier alpha value is -8.01. The first-order valence-electron chi connectivity index (χ1n) is 20.4. The molecule has 0 spiro atoms. The normalized spacial score (nSPS) is 11.7. The molecule has 0 saturated heterocycles. The molecule has 3 heteroatoms. The van der Waals surface area contributed by atoms with Crippen LogP contribution in [0.3, 0.4) is 0 Å². The number of hydrogen-bond acceptors (Lipinski definition) is 3. The molecule has 0 N–H and O–H groups in total. The van der Waals surface area contributed by atoms with Crippen molar-refractivity contribution in [3.8, 4) is 67.3 Å². The molecule has 2 aromatic heterocycles. The van der Waals surface area contributed by atoms with Gasteiger partial charge in [0.25, 0.3) is 0 Å². The maximum Gasteiger partial charge on any atom is 0.160 e. The molecule has 0 aliphatic rings. The van der Waals surface area contributed by atoms with Gasteiger partial charge in [-0.2, -0.15) is 0 Å². The summed E-state index contributed by atoms with van der Waals surface area (Å²) in [6.45, 7) is 0. The molecule has 0 amide bonds. The van der Waals surface area contributed by atoms with E-state index in [9.17, 15) is 0 Å². The molecule has 60 heavy (non-hydrogen) atoms. The van der Waals surface area contributed by atoms with Crippen LogP contribution < -0.4 is 0 Å². The Kier molecular flexibility index (Phi) is 7.85. The van der Waals surface area contributed by atoms with E-state index >= 15 is 0 Å². The van der Waals surface area contributed by atoms with Gasteiger partial charge in [0, 0.05) is 29.1 Å². The summed E-state index contributed by atoms with van der Waals surface area (Å²) in [4.78, 5) is 14.8. The Bertz CT molecular complexity index is 3540. The van der Waals surface area contributed by atoms with Crippen molar-refractivity contribution in [1.82, 2.24) is 15.0 Å². The van der Waals surface area contributed by atoms with Gasteiger partial charge in [-0.1, -0.05) is 182 Å². The van der Waals surface area contributed by atoms with Crippen molar-refractivity contribution in [2.75, 3.05) is 0 Å². The summed E-state index contributed by atoms with van der Waals surface area (Å²) in [5, 5.41) is 12.7. The lowest BCUT2D eigenvalue weighted by atomic mass is 9.90. The minimum Gasteiger partial charge on any atom is -0.264 e. The molecule has 0 aliphatic carbocycles. The molecule has 0 atom stereocenters. The fraction of sp³-hybridized carbons (Fsp3) is 0. The van der Waals surface area contributed by atoms with E-state index in [2.05, 4.69) is 199 Å². The van der Waals surface area contributed by atoms with Crippen LogP contribution in [0.5, 0.6) is 0 Å². The van der Waals surface area contributed by atoms with E-state index in [1.165, 1.54) is 70.6 Å². The Morgan fingerprint density at radius 3 is 1.53 bits per heavy atom. The number of fused-ring (bicyclic) bond motifs is 3. The lowest BCUT2D eigenvalue weighted by Crippen LogP contribution is -1.96. The number of aromatic nitrogens is 3. The van der Waals surface area contributed by atoms with Crippen LogP contribution in [-0.4, -0.2) is 15.0 Å². The second-order valence-electron chi connectivity index (χ2n) is 15.6. The Balaban J connectivity index is 0.954. The summed E-state index contributed by atoms with van der Waals surface area (Å²) >= 11 is 0. The topological polar surface area (TPSA) is 38.7 Å². The van der Waals surface area contributed by atoms with Crippen molar-refractivity contribution in [2.24, 2.45) is 0 Å². The smallest absolute Gasteiger partial charge is 0.160 e. The third-order valence-corrected chi connectivity index (χ3v) is 12.1. The summed E-state index contributed by atoms with van der Waals surface area (Å²) in [6.07, 6.45) is 3.70. The van der Waals surface area contributed by atoms with Gasteiger partial charge in [0.1, 0.15) is 0 Å². The molecule has 12 aromatic rings. The van der Waals surface area contributed by atoms with Crippen LogP contribution in [0, 0.1) is 0 Å². The standard InChI is InChI=1S/C57H35N3/c1-2-11-47-45(7-1)33-52(50-13-4-3-12-49(47)50)38-16-22-40(23-17-38)54-34-53(39-20-14-36(15-21-39)46-10-6-32-58-35-46)59-57(60-54)44-26-18-37(19-27-44)48-30-28-43-25-24-41-8-5-9-42-29-31-51(48)56(43)55(41)42/h1-35H. The highest BCUT2D eigenvalue weighted by atomic mass is 14.9. The lowest BCUT2D eigenvalue weighted by molar-refractivity contribution is 1.18. The van der Waals surface area contributed by atoms with E-state index in [1.807, 2.05) is 12.3 Å². The summed E-state index contributed by atoms with van der Waals surface area (Å²) in [5.74, 6) is 0.686. The predicted molar refractivity (Wildman–Crippen MR) is 251 cm³/mol. The van der Waals surface area contributed by atoms with Gasteiger partial charge in [0.2, 0.25) is 0 Å². The van der Waals surface area contributed by atoms with Gasteiger partial charge in [-0.15, -0.1) is 0 Å². The molecule has 3 nitrogen and oxygen atoms in total. The van der Waals surface area contributed by atoms with Gasteiger partial charge in [0.15, 0.2) is 5.82 Å². The average Bonchev–Trinajstić information content (AvgIpc) is 3.33. The average molecular weight is 762 g/mol. The van der Waals surface area contributed by atoms with Crippen molar-refractivity contribution < 1.29 is 0 Å². The van der Waals surface area contributed by atoms with Gasteiger partial charge in [0.05, 0.1) is 11.4 Å². The van der Waals surface area contributed by atoms with Crippen molar-refractivity contribution >= 4 is 53.9 Å². The van der Waals surface area contributed by atoms with Crippen molar-refractivity contribution in [1.29, 1.82) is 0 Å². The number of nitrogens with zero attached hydrogens (tertiary/aromatic N) is 3. The maximum atomic E-state index is 5.25. The zero-order valence-electron chi connectivity index (χ0n) is 32.5. The third kappa shape index (κ3) is 5.71. The largest absolute Gasteiger partial charge is 0.264 e. The van der Waals surface area contributed by atoms with Crippen molar-refractivity contribution in [3.05, 3.63) is 213 Å². The van der Waals surface area contributed by atoms with E-state index in [1.54, 1.807) is 6.20 Å². The van der Waals surface area contributed by atoms with Crippen molar-refractivity contribution in [3.63, 3.8) is 0 Å². The van der Waals surface area contributed by atoms with Crippen LogP contribution in [-0.2, 0) is 0 Å². The van der Waals surface area contributed by atoms with Gasteiger partial charge in [-0.05, 0) is 105 Å². The highest BCUT2D eigenvalue weighted by Gasteiger charge is 2.15. The highest BCUT2D eigenvalue weighted by Crippen LogP contribution is 2.40. The molecule has 0 aliphatic heterocycles. The summed E-state index contributed by atoms with van der Waals surface area (Å²) < 4.78 is 0. The van der Waals surface area contributed by atoms with Crippen LogP contribution in [0.25, 0.3) is 121 Å². The van der Waals surface area contributed by atoms with Gasteiger partial charge in [-0.25, -0.2) is 9.97 Å². The zero-order valence-corrected chi connectivity index (χ0v) is 32.5. The lowest BCUT2D eigenvalue weighted by Gasteiger charge is -2.14. The summed E-state index contributed by atoms with van der Waals surface area (Å²) in [7, 11) is 0. The molecular weight excluding hydrogens is 727 g/mol. The molecule has 0 radical (unpaired) electrons. The van der Waals surface area contributed by atoms with E-state index < -0.39 is 0 Å². The van der Waals surface area contributed by atoms with Crippen LogP contribution in [0.2, 0.25) is 0 Å². The van der Waals surface area contributed by atoms with Crippen LogP contribution in [0.15, 0.2) is 213 Å². The Labute approximate surface area is 347 Å². The molecule has 278 valence electrons. The van der Waals surface area contributed by atoms with E-state index in [4.69, 9.17) is 9.97 Å². The second kappa shape index (κ2) is 13.8. The predicted octanol–water partition coefficient (Wildman–Crippen LogP) is 15.1. The van der Waals surface area contributed by atoms with Crippen molar-refractivity contribution in [2.45, 2.75) is 0 Å². The number of rotatable bonds is 6. The monoisotopic (exact) mass is 761 g/mol. The molecule has 12 rings (SSSR count). The Morgan fingerprint density at radius 1 is 0.283 bits per heavy atom. The minimum atomic E-state index is 0.686. The molecule has 0 unspecified atom stereocenters. The number of pyridine rings is 1. The fourth-order valence-electron chi connectivity index (χ4n) is 9.14. The number of benzene rings is 10. The van der Waals surface area contributed by atoms with Crippen LogP contribution in [0.4, 0.5) is 0 Å². The fourth-order valence-corrected chi connectivity index (χ4v) is 9.14. The van der Waals surface area contributed by atoms with Crippen LogP contribution >= 0.6 is 0 Å². The first kappa shape index (κ1) is 34.1. The summed E-state index contributed by atoms with van der Waals surface area (Å²) in [5.41, 5.74) is 11.7. The maximum absolute atomic E-state index is 5.25. The first-order valence-corrected chi connectivity index (χ1v) is 20.4. The quantitative estimate of drug-likeness (QED) is 0.158. The van der Waals surface area contributed by atoms with Crippen LogP contribution in [0.1, 0.15) is 0 Å². The molecular formula is C57H35N3. The SMILES string of the molecule is c1cncc(-c2ccc(-c3cc(-c4ccc(-c5cc6ccccc6c6ccccc56)cc4)nc(-c4ccc(-c5ccc6ccc7cccc8ccc5c6c78)cc4)n3)cc2)c1. The third-order valence-electron chi connectivity index (χ3n) is 12.1. The van der Waals surface area contributed by atoms with Gasteiger partial charge in [-0.3, -0.25) is 4.98 Å². The van der Waals surface area contributed by atoms with E-state index in [-0.39, 0.29) is 0 Å². The van der Waals surface area contributed by atoms with E-state index in [0.29, 0.717) is 5.82 Å². The highest BCUT2D eigenvalue weighted by molar-refractivity contribution is 6.25. The zero-order chi connectivity index (χ0) is 39.6. The molecule has 10 aromatic carbocycles. The Morgan fingerprint density at radius 2 is 0.833 bits per heavy atom. The molecule has 0 saturated carbocycles. The molecule has 0 fully saturated rings. The van der Waals surface area contributed by atoms with Gasteiger partial charge >= 0.3 is 0 Å². The first-order chi connectivity index (χ1) is 29.7. The molecule has 0 bridgehead atoms. The minimum absolute atomic E-state index is 0.686. The second-order valence-corrected chi connectivity index (χ2v) is 15.6. The van der Waals surface area contributed by atoms with Gasteiger partial charge < -0.3 is 0 Å². The summed E-state index contributed by atoms with van der Waals surface area (Å²) in [6, 6.07) is 72.0. The van der Waals surface area contributed by atoms with E-state index in [0.717, 1.165) is 44.8 Å². The molecule has 2 heterocycles.